The number of nitriles is 1. The Labute approximate surface area is 119 Å². The van der Waals surface area contributed by atoms with E-state index in [0.717, 1.165) is 5.69 Å². The van der Waals surface area contributed by atoms with Gasteiger partial charge in [-0.3, -0.25) is 4.79 Å². The van der Waals surface area contributed by atoms with Crippen molar-refractivity contribution in [2.45, 2.75) is 13.5 Å². The predicted molar refractivity (Wildman–Crippen MR) is 74.4 cm³/mol. The van der Waals surface area contributed by atoms with Crippen LogP contribution in [0.25, 0.3) is 5.52 Å². The van der Waals surface area contributed by atoms with Crippen molar-refractivity contribution in [1.82, 2.24) is 14.2 Å². The van der Waals surface area contributed by atoms with Crippen LogP contribution in [0.15, 0.2) is 41.5 Å². The second kappa shape index (κ2) is 4.87. The summed E-state index contributed by atoms with van der Waals surface area (Å²) in [6, 6.07) is 7.79. The first-order valence-corrected chi connectivity index (χ1v) is 6.32. The second-order valence-corrected chi connectivity index (χ2v) is 4.76. The van der Waals surface area contributed by atoms with Gasteiger partial charge in [-0.25, -0.2) is 8.91 Å². The zero-order chi connectivity index (χ0) is 15.0. The van der Waals surface area contributed by atoms with E-state index < -0.39 is 5.82 Å². The second-order valence-electron chi connectivity index (χ2n) is 4.76. The molecule has 0 unspecified atom stereocenters. The highest BCUT2D eigenvalue weighted by Crippen LogP contribution is 2.11. The van der Waals surface area contributed by atoms with E-state index >= 15 is 0 Å². The third kappa shape index (κ3) is 2.30. The Bertz CT molecular complexity index is 933. The third-order valence-corrected chi connectivity index (χ3v) is 3.25. The molecule has 0 saturated heterocycles. The highest BCUT2D eigenvalue weighted by Gasteiger charge is 2.09. The van der Waals surface area contributed by atoms with Gasteiger partial charge < -0.3 is 4.57 Å². The lowest BCUT2D eigenvalue weighted by Crippen LogP contribution is -2.22. The van der Waals surface area contributed by atoms with Crippen molar-refractivity contribution in [3.05, 3.63) is 69.7 Å². The molecule has 0 atom stereocenters. The Morgan fingerprint density at radius 2 is 2.14 bits per heavy atom. The smallest absolute Gasteiger partial charge is 0.276 e. The number of hydrogen-bond acceptors (Lipinski definition) is 3. The number of rotatable bonds is 2. The number of aryl methyl sites for hydroxylation is 1. The van der Waals surface area contributed by atoms with Crippen LogP contribution in [0.2, 0.25) is 0 Å². The molecule has 3 aromatic rings. The zero-order valence-corrected chi connectivity index (χ0v) is 11.2. The molecule has 0 fully saturated rings. The molecule has 0 bridgehead atoms. The van der Waals surface area contributed by atoms with Crippen molar-refractivity contribution in [2.24, 2.45) is 0 Å². The molecule has 5 nitrogen and oxygen atoms in total. The minimum Gasteiger partial charge on any atom is -0.308 e. The first kappa shape index (κ1) is 13.1. The summed E-state index contributed by atoms with van der Waals surface area (Å²) < 4.78 is 16.8. The van der Waals surface area contributed by atoms with Crippen molar-refractivity contribution in [2.75, 3.05) is 0 Å². The van der Waals surface area contributed by atoms with Crippen molar-refractivity contribution < 1.29 is 4.39 Å². The van der Waals surface area contributed by atoms with Crippen LogP contribution in [0.1, 0.15) is 16.8 Å². The summed E-state index contributed by atoms with van der Waals surface area (Å²) in [6.45, 7) is 1.91. The highest BCUT2D eigenvalue weighted by molar-refractivity contribution is 5.45. The van der Waals surface area contributed by atoms with Gasteiger partial charge in [0.1, 0.15) is 11.3 Å². The van der Waals surface area contributed by atoms with Gasteiger partial charge in [-0.1, -0.05) is 6.07 Å². The third-order valence-electron chi connectivity index (χ3n) is 3.25. The van der Waals surface area contributed by atoms with Gasteiger partial charge in [0, 0.05) is 18.0 Å². The van der Waals surface area contributed by atoms with Crippen LogP contribution in [0, 0.1) is 24.1 Å². The Morgan fingerprint density at radius 3 is 2.86 bits per heavy atom. The number of fused-ring (bicyclic) bond motifs is 1. The van der Waals surface area contributed by atoms with Crippen LogP contribution >= 0.6 is 0 Å². The number of nitrogens with zero attached hydrogens (tertiary/aromatic N) is 4. The molecule has 104 valence electrons. The molecule has 0 aliphatic rings. The fourth-order valence-electron chi connectivity index (χ4n) is 2.20. The molecule has 3 rings (SSSR count). The van der Waals surface area contributed by atoms with E-state index in [9.17, 15) is 9.18 Å². The lowest BCUT2D eigenvalue weighted by Gasteiger charge is -2.07. The highest BCUT2D eigenvalue weighted by atomic mass is 19.1. The summed E-state index contributed by atoms with van der Waals surface area (Å²) in [5.41, 5.74) is 1.57. The van der Waals surface area contributed by atoms with Gasteiger partial charge in [0.15, 0.2) is 0 Å². The van der Waals surface area contributed by atoms with Gasteiger partial charge in [0.05, 0.1) is 23.9 Å². The topological polar surface area (TPSA) is 63.1 Å². The van der Waals surface area contributed by atoms with E-state index in [0.29, 0.717) is 11.1 Å². The molecule has 0 amide bonds. The summed E-state index contributed by atoms with van der Waals surface area (Å²) in [5, 5.41) is 12.9. The van der Waals surface area contributed by atoms with Crippen LogP contribution in [-0.2, 0) is 6.54 Å². The van der Waals surface area contributed by atoms with Crippen molar-refractivity contribution >= 4 is 5.52 Å². The summed E-state index contributed by atoms with van der Waals surface area (Å²) in [5.74, 6) is -0.495. The monoisotopic (exact) mass is 282 g/mol. The number of halogens is 1. The molecule has 2 heterocycles. The van der Waals surface area contributed by atoms with Crippen molar-refractivity contribution in [1.29, 1.82) is 5.26 Å². The van der Waals surface area contributed by atoms with Gasteiger partial charge in [-0.2, -0.15) is 10.4 Å². The van der Waals surface area contributed by atoms with Gasteiger partial charge >= 0.3 is 0 Å². The van der Waals surface area contributed by atoms with Crippen LogP contribution in [0.5, 0.6) is 0 Å². The van der Waals surface area contributed by atoms with Gasteiger partial charge in [0.2, 0.25) is 0 Å². The molecular weight excluding hydrogens is 271 g/mol. The molecule has 2 aromatic heterocycles. The van der Waals surface area contributed by atoms with Crippen LogP contribution in [-0.4, -0.2) is 14.2 Å². The maximum absolute atomic E-state index is 13.9. The van der Waals surface area contributed by atoms with E-state index in [1.807, 2.05) is 6.07 Å². The SMILES string of the molecule is Cc1cc2c(=O)n(Cc3ccc(C#N)cc3F)ccn2n1. The molecule has 0 aliphatic heterocycles. The lowest BCUT2D eigenvalue weighted by atomic mass is 10.1. The van der Waals surface area contributed by atoms with Gasteiger partial charge in [-0.05, 0) is 25.1 Å². The minimum absolute atomic E-state index is 0.108. The summed E-state index contributed by atoms with van der Waals surface area (Å²) >= 11 is 0. The molecule has 6 heteroatoms. The Kier molecular flexibility index (Phi) is 3.03. The molecule has 0 spiro atoms. The molecular formula is C15H11FN4O. The average Bonchev–Trinajstić information content (AvgIpc) is 2.85. The van der Waals surface area contributed by atoms with E-state index in [2.05, 4.69) is 5.10 Å². The maximum Gasteiger partial charge on any atom is 0.276 e. The summed E-state index contributed by atoms with van der Waals surface area (Å²) in [4.78, 5) is 12.3. The van der Waals surface area contributed by atoms with E-state index in [1.54, 1.807) is 25.4 Å². The van der Waals surface area contributed by atoms with Crippen molar-refractivity contribution in [3.8, 4) is 6.07 Å². The Hall–Kier alpha value is -2.94. The molecule has 0 aliphatic carbocycles. The van der Waals surface area contributed by atoms with E-state index in [-0.39, 0.29) is 17.7 Å². The van der Waals surface area contributed by atoms with Gasteiger partial charge in [-0.15, -0.1) is 0 Å². The summed E-state index contributed by atoms with van der Waals surface area (Å²) in [6.07, 6.45) is 3.23. The fourth-order valence-corrected chi connectivity index (χ4v) is 2.20. The summed E-state index contributed by atoms with van der Waals surface area (Å²) in [7, 11) is 0. The standard InChI is InChI=1S/C15H11FN4O/c1-10-6-14-15(21)19(4-5-20(14)18-10)9-12-3-2-11(8-17)7-13(12)16/h2-7H,9H2,1H3. The molecule has 0 radical (unpaired) electrons. The number of aromatic nitrogens is 3. The first-order chi connectivity index (χ1) is 10.1. The van der Waals surface area contributed by atoms with E-state index in [1.165, 1.54) is 27.3 Å². The normalized spacial score (nSPS) is 10.7. The quantitative estimate of drug-likeness (QED) is 0.720. The Morgan fingerprint density at radius 1 is 1.33 bits per heavy atom. The lowest BCUT2D eigenvalue weighted by molar-refractivity contribution is 0.595. The predicted octanol–water partition coefficient (Wildman–Crippen LogP) is 1.86. The minimum atomic E-state index is -0.495. The van der Waals surface area contributed by atoms with E-state index in [4.69, 9.17) is 5.26 Å². The number of hydrogen-bond donors (Lipinski definition) is 0. The average molecular weight is 282 g/mol. The zero-order valence-electron chi connectivity index (χ0n) is 11.2. The van der Waals surface area contributed by atoms with Crippen LogP contribution in [0.4, 0.5) is 4.39 Å². The van der Waals surface area contributed by atoms with Gasteiger partial charge in [0.25, 0.3) is 5.56 Å². The molecule has 21 heavy (non-hydrogen) atoms. The fraction of sp³-hybridized carbons (Fsp3) is 0.133. The first-order valence-electron chi connectivity index (χ1n) is 6.32. The molecule has 0 N–H and O–H groups in total. The molecule has 0 saturated carbocycles. The van der Waals surface area contributed by atoms with Crippen molar-refractivity contribution in [3.63, 3.8) is 0 Å². The maximum atomic E-state index is 13.9. The number of benzene rings is 1. The largest absolute Gasteiger partial charge is 0.308 e. The Balaban J connectivity index is 2.04. The van der Waals surface area contributed by atoms with Crippen LogP contribution < -0.4 is 5.56 Å². The van der Waals surface area contributed by atoms with Crippen LogP contribution in [0.3, 0.4) is 0 Å². The molecule has 1 aromatic carbocycles.